The average Bonchev–Trinajstić information content (AvgIpc) is 3.50. The molecule has 2 heterocycles. The highest BCUT2D eigenvalue weighted by Crippen LogP contribution is 2.39. The molecule has 1 N–H and O–H groups in total. The van der Waals surface area contributed by atoms with Crippen LogP contribution in [0.3, 0.4) is 0 Å². The van der Waals surface area contributed by atoms with Gasteiger partial charge in [-0.05, 0) is 78.8 Å². The summed E-state index contributed by atoms with van der Waals surface area (Å²) in [5.41, 5.74) is 5.31. The van der Waals surface area contributed by atoms with Crippen molar-refractivity contribution in [2.75, 3.05) is 25.7 Å². The first-order valence-corrected chi connectivity index (χ1v) is 15.5. The Labute approximate surface area is 283 Å². The van der Waals surface area contributed by atoms with Crippen LogP contribution in [-0.2, 0) is 14.3 Å². The number of thiocarbonyl (C=S) groups is 1. The summed E-state index contributed by atoms with van der Waals surface area (Å²) in [5, 5.41) is 2.60. The number of esters is 1. The van der Waals surface area contributed by atoms with Crippen LogP contribution < -0.4 is 19.7 Å². The zero-order valence-corrected chi connectivity index (χ0v) is 27.2. The molecule has 6 rings (SSSR count). The summed E-state index contributed by atoms with van der Waals surface area (Å²) < 4.78 is 18.1. The number of methoxy groups -OCH3 is 2. The maximum absolute atomic E-state index is 14.2. The molecule has 0 unspecified atom stereocenters. The lowest BCUT2D eigenvalue weighted by atomic mass is 10.0. The lowest BCUT2D eigenvalue weighted by Crippen LogP contribution is -2.54. The molecule has 0 radical (unpaired) electrons. The van der Waals surface area contributed by atoms with Crippen LogP contribution in [0.2, 0.25) is 0 Å². The van der Waals surface area contributed by atoms with E-state index in [0.29, 0.717) is 28.3 Å². The molecule has 1 fully saturated rings. The summed E-state index contributed by atoms with van der Waals surface area (Å²) >= 11 is 5.47. The van der Waals surface area contributed by atoms with Gasteiger partial charge in [-0.3, -0.25) is 14.9 Å². The fraction of sp³-hybridized carbons (Fsp3) is 0.105. The van der Waals surface area contributed by atoms with Crippen molar-refractivity contribution in [3.63, 3.8) is 0 Å². The molecule has 10 heteroatoms. The predicted molar refractivity (Wildman–Crippen MR) is 188 cm³/mol. The molecule has 240 valence electrons. The Hall–Kier alpha value is -6.00. The van der Waals surface area contributed by atoms with Gasteiger partial charge in [0, 0.05) is 17.3 Å². The van der Waals surface area contributed by atoms with Gasteiger partial charge in [0.2, 0.25) is 0 Å². The highest BCUT2D eigenvalue weighted by atomic mass is 32.1. The van der Waals surface area contributed by atoms with Crippen LogP contribution >= 0.6 is 12.2 Å². The van der Waals surface area contributed by atoms with Crippen LogP contribution in [0, 0.1) is 0 Å². The van der Waals surface area contributed by atoms with Crippen molar-refractivity contribution in [1.82, 2.24) is 9.88 Å². The third-order valence-corrected chi connectivity index (χ3v) is 8.10. The minimum absolute atomic E-state index is 0.0712. The lowest BCUT2D eigenvalue weighted by molar-refractivity contribution is -0.122. The van der Waals surface area contributed by atoms with Gasteiger partial charge in [-0.25, -0.2) is 9.69 Å². The molecular weight excluding hydrogens is 626 g/mol. The normalized spacial score (nSPS) is 13.8. The molecule has 0 aliphatic carbocycles. The van der Waals surface area contributed by atoms with Gasteiger partial charge in [0.25, 0.3) is 11.8 Å². The monoisotopic (exact) mass is 657 g/mol. The molecule has 1 aliphatic rings. The predicted octanol–water partition coefficient (Wildman–Crippen LogP) is 6.84. The Bertz CT molecular complexity index is 2050. The summed E-state index contributed by atoms with van der Waals surface area (Å²) in [6.45, 7) is 2.03. The van der Waals surface area contributed by atoms with Gasteiger partial charge in [0.05, 0.1) is 43.5 Å². The summed E-state index contributed by atoms with van der Waals surface area (Å²) in [7, 11) is 3.01. The number of carbonyl (C=O) groups excluding carboxylic acids is 3. The summed E-state index contributed by atoms with van der Waals surface area (Å²) in [6.07, 6.45) is 1.58. The SMILES string of the molecule is CCOC(=O)c1ccc(-n2c(-c3ccccc3)cc(/C=C3/C(=O)NC(=S)N(c4ccc(OC)cc4OC)C3=O)c2-c2ccccc2)cc1. The van der Waals surface area contributed by atoms with E-state index in [2.05, 4.69) is 5.32 Å². The molecule has 0 bridgehead atoms. The second-order valence-electron chi connectivity index (χ2n) is 10.7. The molecule has 1 saturated heterocycles. The molecule has 2 amide bonds. The number of nitrogens with zero attached hydrogens (tertiary/aromatic N) is 2. The standard InChI is InChI=1S/C38H31N3O6S/c1-4-47-37(44)26-15-17-28(18-16-26)40-32(24-11-7-5-8-12-24)22-27(34(40)25-13-9-6-10-14-25)21-30-35(42)39-38(48)41(36(30)43)31-20-19-29(45-2)23-33(31)46-3/h5-23H,4H2,1-3H3,(H,39,42,48)/b30-21-. The second kappa shape index (κ2) is 13.8. The number of aromatic nitrogens is 1. The smallest absolute Gasteiger partial charge is 0.338 e. The van der Waals surface area contributed by atoms with E-state index in [1.165, 1.54) is 19.1 Å². The number of amides is 2. The van der Waals surface area contributed by atoms with Crippen LogP contribution in [0.1, 0.15) is 22.8 Å². The number of anilines is 1. The number of hydrogen-bond donors (Lipinski definition) is 1. The third-order valence-electron chi connectivity index (χ3n) is 7.81. The van der Waals surface area contributed by atoms with Crippen molar-refractivity contribution >= 4 is 46.9 Å². The largest absolute Gasteiger partial charge is 0.497 e. The van der Waals surface area contributed by atoms with Crippen LogP contribution in [0.4, 0.5) is 5.69 Å². The summed E-state index contributed by atoms with van der Waals surface area (Å²) in [6, 6.07) is 33.5. The molecule has 0 atom stereocenters. The van der Waals surface area contributed by atoms with Gasteiger partial charge in [-0.15, -0.1) is 0 Å². The first kappa shape index (κ1) is 32.0. The average molecular weight is 658 g/mol. The van der Waals surface area contributed by atoms with E-state index in [-0.39, 0.29) is 17.3 Å². The van der Waals surface area contributed by atoms with Gasteiger partial charge in [0.15, 0.2) is 5.11 Å². The van der Waals surface area contributed by atoms with E-state index >= 15 is 0 Å². The van der Waals surface area contributed by atoms with Crippen LogP contribution in [0.15, 0.2) is 115 Å². The van der Waals surface area contributed by atoms with Crippen molar-refractivity contribution in [2.45, 2.75) is 6.92 Å². The Kier molecular flexibility index (Phi) is 9.17. The summed E-state index contributed by atoms with van der Waals surface area (Å²) in [5.74, 6) is -0.774. The highest BCUT2D eigenvalue weighted by Gasteiger charge is 2.36. The Balaban J connectivity index is 1.56. The van der Waals surface area contributed by atoms with Crippen LogP contribution in [0.5, 0.6) is 11.5 Å². The maximum Gasteiger partial charge on any atom is 0.338 e. The fourth-order valence-electron chi connectivity index (χ4n) is 5.58. The zero-order chi connectivity index (χ0) is 33.8. The number of benzene rings is 4. The van der Waals surface area contributed by atoms with E-state index in [4.69, 9.17) is 26.4 Å². The van der Waals surface area contributed by atoms with Gasteiger partial charge >= 0.3 is 5.97 Å². The maximum atomic E-state index is 14.2. The molecule has 0 saturated carbocycles. The third kappa shape index (κ3) is 6.08. The minimum atomic E-state index is -0.624. The first-order valence-electron chi connectivity index (χ1n) is 15.1. The number of ether oxygens (including phenoxy) is 3. The molecule has 1 aliphatic heterocycles. The van der Waals surface area contributed by atoms with Gasteiger partial charge in [-0.1, -0.05) is 60.7 Å². The van der Waals surface area contributed by atoms with E-state index in [9.17, 15) is 14.4 Å². The highest BCUT2D eigenvalue weighted by molar-refractivity contribution is 7.80. The van der Waals surface area contributed by atoms with Crippen molar-refractivity contribution < 1.29 is 28.6 Å². The molecule has 5 aromatic rings. The zero-order valence-electron chi connectivity index (χ0n) is 26.4. The molecule has 9 nitrogen and oxygen atoms in total. The van der Waals surface area contributed by atoms with Gasteiger partial charge < -0.3 is 18.8 Å². The number of hydrogen-bond acceptors (Lipinski definition) is 7. The second-order valence-corrected chi connectivity index (χ2v) is 11.1. The van der Waals surface area contributed by atoms with Crippen molar-refractivity contribution in [1.29, 1.82) is 0 Å². The van der Waals surface area contributed by atoms with E-state index in [1.807, 2.05) is 83.4 Å². The minimum Gasteiger partial charge on any atom is -0.497 e. The Morgan fingerprint density at radius 3 is 2.12 bits per heavy atom. The summed E-state index contributed by atoms with van der Waals surface area (Å²) in [4.78, 5) is 41.3. The van der Waals surface area contributed by atoms with Gasteiger partial charge in [-0.2, -0.15) is 0 Å². The molecule has 4 aromatic carbocycles. The number of rotatable bonds is 9. The first-order chi connectivity index (χ1) is 23.3. The number of carbonyl (C=O) groups is 3. The fourth-order valence-corrected chi connectivity index (χ4v) is 5.86. The Morgan fingerprint density at radius 1 is 0.833 bits per heavy atom. The molecular formula is C38H31N3O6S. The van der Waals surface area contributed by atoms with Crippen molar-refractivity contribution in [3.8, 4) is 39.7 Å². The van der Waals surface area contributed by atoms with Crippen LogP contribution in [0.25, 0.3) is 34.3 Å². The number of nitrogens with one attached hydrogen (secondary N) is 1. The lowest BCUT2D eigenvalue weighted by Gasteiger charge is -2.30. The topological polar surface area (TPSA) is 99.1 Å². The van der Waals surface area contributed by atoms with Crippen molar-refractivity contribution in [3.05, 3.63) is 126 Å². The molecule has 0 spiro atoms. The van der Waals surface area contributed by atoms with E-state index < -0.39 is 17.8 Å². The van der Waals surface area contributed by atoms with E-state index in [0.717, 1.165) is 28.2 Å². The molecule has 1 aromatic heterocycles. The quantitative estimate of drug-likeness (QED) is 0.0803. The van der Waals surface area contributed by atoms with Crippen molar-refractivity contribution in [2.24, 2.45) is 0 Å². The Morgan fingerprint density at radius 2 is 1.50 bits per heavy atom. The van der Waals surface area contributed by atoms with Gasteiger partial charge in [0.1, 0.15) is 17.1 Å². The van der Waals surface area contributed by atoms with E-state index in [1.54, 1.807) is 43.3 Å². The molecule has 48 heavy (non-hydrogen) atoms. The van der Waals surface area contributed by atoms with Crippen LogP contribution in [-0.4, -0.2) is 48.3 Å².